The van der Waals surface area contributed by atoms with Crippen molar-refractivity contribution in [2.24, 2.45) is 0 Å². The summed E-state index contributed by atoms with van der Waals surface area (Å²) in [6, 6.07) is 9.93. The Hall–Kier alpha value is -2.77. The SMILES string of the molecule is COc1ccc(C(=O)N[C@]2(Cc3c(Cl)cccc3Cl)CCC(=O)NC2=O)cc1OC1CCCC1. The first-order valence-corrected chi connectivity index (χ1v) is 12.0. The van der Waals surface area contributed by atoms with E-state index in [1.165, 1.54) is 0 Å². The van der Waals surface area contributed by atoms with Gasteiger partial charge in [0.15, 0.2) is 11.5 Å². The number of benzene rings is 2. The second-order valence-electron chi connectivity index (χ2n) is 8.68. The first-order chi connectivity index (χ1) is 16.3. The lowest BCUT2D eigenvalue weighted by atomic mass is 9.82. The predicted molar refractivity (Wildman–Crippen MR) is 129 cm³/mol. The Morgan fingerprint density at radius 2 is 1.82 bits per heavy atom. The van der Waals surface area contributed by atoms with Gasteiger partial charge >= 0.3 is 0 Å². The first-order valence-electron chi connectivity index (χ1n) is 11.3. The van der Waals surface area contributed by atoms with Crippen LogP contribution in [0.15, 0.2) is 36.4 Å². The zero-order valence-electron chi connectivity index (χ0n) is 18.8. The van der Waals surface area contributed by atoms with E-state index in [9.17, 15) is 14.4 Å². The van der Waals surface area contributed by atoms with E-state index < -0.39 is 23.3 Å². The maximum atomic E-state index is 13.4. The monoisotopic (exact) mass is 504 g/mol. The zero-order valence-corrected chi connectivity index (χ0v) is 20.3. The van der Waals surface area contributed by atoms with E-state index in [0.717, 1.165) is 25.7 Å². The van der Waals surface area contributed by atoms with Crippen molar-refractivity contribution in [3.8, 4) is 11.5 Å². The van der Waals surface area contributed by atoms with E-state index in [1.807, 2.05) is 0 Å². The molecule has 180 valence electrons. The summed E-state index contributed by atoms with van der Waals surface area (Å²) in [6.07, 6.45) is 4.43. The van der Waals surface area contributed by atoms with Crippen LogP contribution in [0.2, 0.25) is 10.0 Å². The number of hydrogen-bond donors (Lipinski definition) is 2. The molecule has 7 nitrogen and oxygen atoms in total. The summed E-state index contributed by atoms with van der Waals surface area (Å²) in [7, 11) is 1.54. The van der Waals surface area contributed by atoms with Crippen molar-refractivity contribution in [2.75, 3.05) is 7.11 Å². The number of carbonyl (C=O) groups is 3. The Morgan fingerprint density at radius 1 is 1.12 bits per heavy atom. The lowest BCUT2D eigenvalue weighted by Crippen LogP contribution is -2.64. The molecule has 34 heavy (non-hydrogen) atoms. The molecule has 1 aliphatic heterocycles. The van der Waals surface area contributed by atoms with Crippen LogP contribution in [-0.2, 0) is 16.0 Å². The third kappa shape index (κ3) is 5.15. The van der Waals surface area contributed by atoms with Gasteiger partial charge in [0.05, 0.1) is 13.2 Å². The van der Waals surface area contributed by atoms with Crippen molar-refractivity contribution in [1.82, 2.24) is 10.6 Å². The van der Waals surface area contributed by atoms with Crippen LogP contribution in [-0.4, -0.2) is 36.5 Å². The number of nitrogens with one attached hydrogen (secondary N) is 2. The summed E-state index contributed by atoms with van der Waals surface area (Å²) < 4.78 is 11.5. The molecule has 0 spiro atoms. The Kier molecular flexibility index (Phi) is 7.33. The second-order valence-corrected chi connectivity index (χ2v) is 9.49. The summed E-state index contributed by atoms with van der Waals surface area (Å²) in [5.41, 5.74) is -0.565. The van der Waals surface area contributed by atoms with Crippen LogP contribution in [0.4, 0.5) is 0 Å². The van der Waals surface area contributed by atoms with Gasteiger partial charge in [0.2, 0.25) is 5.91 Å². The normalized spacial score (nSPS) is 20.7. The highest BCUT2D eigenvalue weighted by atomic mass is 35.5. The highest BCUT2D eigenvalue weighted by molar-refractivity contribution is 6.36. The molecule has 2 aromatic rings. The van der Waals surface area contributed by atoms with Gasteiger partial charge < -0.3 is 14.8 Å². The number of imide groups is 1. The van der Waals surface area contributed by atoms with Gasteiger partial charge in [0, 0.05) is 28.5 Å². The predicted octanol–water partition coefficient (Wildman–Crippen LogP) is 4.47. The fraction of sp³-hybridized carbons (Fsp3) is 0.400. The van der Waals surface area contributed by atoms with Crippen LogP contribution in [0.5, 0.6) is 11.5 Å². The van der Waals surface area contributed by atoms with Crippen LogP contribution < -0.4 is 20.1 Å². The summed E-state index contributed by atoms with van der Waals surface area (Å²) >= 11 is 12.7. The number of hydrogen-bond acceptors (Lipinski definition) is 5. The minimum Gasteiger partial charge on any atom is -0.493 e. The molecular formula is C25H26Cl2N2O5. The topological polar surface area (TPSA) is 93.7 Å². The molecule has 1 aliphatic carbocycles. The molecule has 0 aromatic heterocycles. The maximum absolute atomic E-state index is 13.4. The van der Waals surface area contributed by atoms with E-state index in [2.05, 4.69) is 10.6 Å². The largest absolute Gasteiger partial charge is 0.493 e. The maximum Gasteiger partial charge on any atom is 0.252 e. The summed E-state index contributed by atoms with van der Waals surface area (Å²) in [6.45, 7) is 0. The molecule has 1 atom stereocenters. The van der Waals surface area contributed by atoms with Crippen LogP contribution >= 0.6 is 23.2 Å². The van der Waals surface area contributed by atoms with E-state index >= 15 is 0 Å². The Bertz CT molecular complexity index is 1100. The molecule has 9 heteroatoms. The highest BCUT2D eigenvalue weighted by Crippen LogP contribution is 2.34. The van der Waals surface area contributed by atoms with Crippen LogP contribution in [0.1, 0.15) is 54.4 Å². The van der Waals surface area contributed by atoms with Gasteiger partial charge in [-0.3, -0.25) is 19.7 Å². The lowest BCUT2D eigenvalue weighted by molar-refractivity contribution is -0.138. The molecule has 0 radical (unpaired) electrons. The Morgan fingerprint density at radius 3 is 2.47 bits per heavy atom. The van der Waals surface area contributed by atoms with Crippen molar-refractivity contribution in [1.29, 1.82) is 0 Å². The minimum atomic E-state index is -1.40. The van der Waals surface area contributed by atoms with Crippen molar-refractivity contribution >= 4 is 40.9 Å². The molecule has 2 aliphatic rings. The third-order valence-corrected chi connectivity index (χ3v) is 7.09. The molecule has 2 aromatic carbocycles. The highest BCUT2D eigenvalue weighted by Gasteiger charge is 2.45. The van der Waals surface area contributed by atoms with Gasteiger partial charge in [-0.1, -0.05) is 29.3 Å². The van der Waals surface area contributed by atoms with Crippen LogP contribution in [0.3, 0.4) is 0 Å². The molecule has 1 saturated carbocycles. The molecule has 3 amide bonds. The van der Waals surface area contributed by atoms with Crippen LogP contribution in [0, 0.1) is 0 Å². The lowest BCUT2D eigenvalue weighted by Gasteiger charge is -2.36. The van der Waals surface area contributed by atoms with Crippen molar-refractivity contribution in [3.05, 3.63) is 57.6 Å². The Labute approximate surface area is 208 Å². The van der Waals surface area contributed by atoms with E-state index in [4.69, 9.17) is 32.7 Å². The minimum absolute atomic E-state index is 0.0396. The molecule has 4 rings (SSSR count). The van der Waals surface area contributed by atoms with Gasteiger partial charge in [0.25, 0.3) is 11.8 Å². The average molecular weight is 505 g/mol. The summed E-state index contributed by atoms with van der Waals surface area (Å²) in [5, 5.41) is 5.96. The van der Waals surface area contributed by atoms with E-state index in [-0.39, 0.29) is 25.4 Å². The fourth-order valence-corrected chi connectivity index (χ4v) is 5.00. The molecule has 0 unspecified atom stereocenters. The number of rotatable bonds is 7. The number of methoxy groups -OCH3 is 1. The third-order valence-electron chi connectivity index (χ3n) is 6.38. The fourth-order valence-electron chi connectivity index (χ4n) is 4.47. The van der Waals surface area contributed by atoms with Gasteiger partial charge in [-0.2, -0.15) is 0 Å². The second kappa shape index (κ2) is 10.2. The molecular weight excluding hydrogens is 479 g/mol. The number of piperidine rings is 1. The number of ether oxygens (including phenoxy) is 2. The molecule has 1 heterocycles. The van der Waals surface area contributed by atoms with Crippen molar-refractivity contribution < 1.29 is 23.9 Å². The van der Waals surface area contributed by atoms with Crippen molar-refractivity contribution in [2.45, 2.75) is 56.6 Å². The summed E-state index contributed by atoms with van der Waals surface area (Å²) in [5.74, 6) is -0.456. The zero-order chi connectivity index (χ0) is 24.3. The molecule has 1 saturated heterocycles. The van der Waals surface area contributed by atoms with Gasteiger partial charge in [-0.25, -0.2) is 0 Å². The average Bonchev–Trinajstić information content (AvgIpc) is 3.32. The molecule has 2 N–H and O–H groups in total. The standard InChI is InChI=1S/C25H26Cl2N2O5/c1-33-20-10-9-15(13-21(20)34-16-5-2-3-6-16)23(31)29-25(12-11-22(30)28-24(25)32)14-17-18(26)7-4-8-19(17)27/h4,7-10,13,16H,2-3,5-6,11-12,14H2,1H3,(H,29,31)(H,28,30,32)/t25-/m0/s1. The number of amides is 3. The van der Waals surface area contributed by atoms with E-state index in [0.29, 0.717) is 32.7 Å². The smallest absolute Gasteiger partial charge is 0.252 e. The molecule has 2 fully saturated rings. The summed E-state index contributed by atoms with van der Waals surface area (Å²) in [4.78, 5) is 38.3. The quantitative estimate of drug-likeness (QED) is 0.542. The van der Waals surface area contributed by atoms with E-state index in [1.54, 1.807) is 43.5 Å². The number of halogens is 2. The number of carbonyl (C=O) groups excluding carboxylic acids is 3. The van der Waals surface area contributed by atoms with Crippen molar-refractivity contribution in [3.63, 3.8) is 0 Å². The van der Waals surface area contributed by atoms with Gasteiger partial charge in [-0.15, -0.1) is 0 Å². The first kappa shape index (κ1) is 24.4. The van der Waals surface area contributed by atoms with Gasteiger partial charge in [0.1, 0.15) is 5.54 Å². The van der Waals surface area contributed by atoms with Crippen LogP contribution in [0.25, 0.3) is 0 Å². The van der Waals surface area contributed by atoms with Gasteiger partial charge in [-0.05, 0) is 68.0 Å². The Balaban J connectivity index is 1.63. The molecule has 0 bridgehead atoms.